The van der Waals surface area contributed by atoms with Crippen LogP contribution < -0.4 is 0 Å². The highest BCUT2D eigenvalue weighted by atomic mass is 35.5. The van der Waals surface area contributed by atoms with Crippen molar-refractivity contribution in [3.8, 4) is 0 Å². The molecule has 0 heterocycles. The van der Waals surface area contributed by atoms with Crippen LogP contribution in [0.25, 0.3) is 0 Å². The van der Waals surface area contributed by atoms with Gasteiger partial charge in [0.2, 0.25) is 0 Å². The molecule has 0 saturated carbocycles. The third kappa shape index (κ3) is 3.73. The van der Waals surface area contributed by atoms with Gasteiger partial charge < -0.3 is 0 Å². The lowest BCUT2D eigenvalue weighted by molar-refractivity contribution is 1.09. The maximum Gasteiger partial charge on any atom is 0.0391 e. The van der Waals surface area contributed by atoms with E-state index in [1.54, 1.807) is 0 Å². The second-order valence-corrected chi connectivity index (χ2v) is 2.70. The van der Waals surface area contributed by atoms with Gasteiger partial charge in [-0.3, -0.25) is 0 Å². The molecule has 0 N–H and O–H groups in total. The highest BCUT2D eigenvalue weighted by molar-refractivity contribution is 6.31. The second kappa shape index (κ2) is 5.55. The topological polar surface area (TPSA) is 0 Å². The first-order chi connectivity index (χ1) is 4.72. The monoisotopic (exact) mass is 158 g/mol. The van der Waals surface area contributed by atoms with Crippen molar-refractivity contribution < 1.29 is 0 Å². The summed E-state index contributed by atoms with van der Waals surface area (Å²) in [6, 6.07) is 0. The van der Waals surface area contributed by atoms with E-state index in [9.17, 15) is 0 Å². The molecule has 0 rings (SSSR count). The lowest BCUT2D eigenvalue weighted by Crippen LogP contribution is -1.74. The lowest BCUT2D eigenvalue weighted by Gasteiger charge is -1.95. The normalized spacial score (nSPS) is 14.0. The molecule has 1 heteroatoms. The first-order valence-corrected chi connectivity index (χ1v) is 4.11. The number of rotatable bonds is 3. The minimum Gasteiger partial charge on any atom is -0.0844 e. The molecule has 0 aromatic rings. The molecule has 0 saturated heterocycles. The Hall–Kier alpha value is -0.230. The van der Waals surface area contributed by atoms with Gasteiger partial charge in [-0.2, -0.15) is 0 Å². The summed E-state index contributed by atoms with van der Waals surface area (Å²) in [5.41, 5.74) is 1.26. The Morgan fingerprint density at radius 3 is 2.40 bits per heavy atom. The van der Waals surface area contributed by atoms with Crippen molar-refractivity contribution in [3.05, 3.63) is 22.8 Å². The van der Waals surface area contributed by atoms with E-state index < -0.39 is 0 Å². The zero-order chi connectivity index (χ0) is 7.98. The van der Waals surface area contributed by atoms with Crippen molar-refractivity contribution in [2.45, 2.75) is 33.6 Å². The van der Waals surface area contributed by atoms with E-state index in [0.29, 0.717) is 0 Å². The van der Waals surface area contributed by atoms with Crippen LogP contribution in [0.4, 0.5) is 0 Å². The highest BCUT2D eigenvalue weighted by Gasteiger charge is 1.89. The van der Waals surface area contributed by atoms with E-state index >= 15 is 0 Å². The van der Waals surface area contributed by atoms with E-state index in [1.165, 1.54) is 5.57 Å². The van der Waals surface area contributed by atoms with Gasteiger partial charge in [0.1, 0.15) is 0 Å². The van der Waals surface area contributed by atoms with Gasteiger partial charge in [0.15, 0.2) is 0 Å². The molecular formula is C9H15Cl. The summed E-state index contributed by atoms with van der Waals surface area (Å²) in [4.78, 5) is 0. The average molecular weight is 159 g/mol. The van der Waals surface area contributed by atoms with Gasteiger partial charge in [0, 0.05) is 5.03 Å². The summed E-state index contributed by atoms with van der Waals surface area (Å²) in [6.07, 6.45) is 6.13. The van der Waals surface area contributed by atoms with Gasteiger partial charge >= 0.3 is 0 Å². The molecule has 10 heavy (non-hydrogen) atoms. The van der Waals surface area contributed by atoms with Crippen molar-refractivity contribution in [1.82, 2.24) is 0 Å². The highest BCUT2D eigenvalue weighted by Crippen LogP contribution is 2.13. The number of allylic oxidation sites excluding steroid dienone is 4. The van der Waals surface area contributed by atoms with Crippen molar-refractivity contribution in [1.29, 1.82) is 0 Å². The van der Waals surface area contributed by atoms with Crippen molar-refractivity contribution in [2.75, 3.05) is 0 Å². The van der Waals surface area contributed by atoms with E-state index in [1.807, 2.05) is 6.08 Å². The summed E-state index contributed by atoms with van der Waals surface area (Å²) in [6.45, 7) is 6.27. The average Bonchev–Trinajstić information content (AvgIpc) is 1.98. The quantitative estimate of drug-likeness (QED) is 0.547. The SMILES string of the molecule is CC/C=C\C(Cl)=C(\C)CC. The third-order valence-electron chi connectivity index (χ3n) is 1.44. The molecule has 0 aliphatic rings. The minimum atomic E-state index is 0.893. The van der Waals surface area contributed by atoms with Crippen LogP contribution in [0.15, 0.2) is 22.8 Å². The maximum absolute atomic E-state index is 5.90. The van der Waals surface area contributed by atoms with Gasteiger partial charge in [-0.25, -0.2) is 0 Å². The zero-order valence-electron chi connectivity index (χ0n) is 6.95. The van der Waals surface area contributed by atoms with Crippen molar-refractivity contribution in [2.24, 2.45) is 0 Å². The lowest BCUT2D eigenvalue weighted by atomic mass is 10.2. The van der Waals surface area contributed by atoms with E-state index in [2.05, 4.69) is 26.8 Å². The largest absolute Gasteiger partial charge is 0.0844 e. The molecule has 0 aromatic heterocycles. The smallest absolute Gasteiger partial charge is 0.0391 e. The van der Waals surface area contributed by atoms with Crippen molar-refractivity contribution in [3.63, 3.8) is 0 Å². The number of hydrogen-bond acceptors (Lipinski definition) is 0. The predicted molar refractivity (Wildman–Crippen MR) is 48.3 cm³/mol. The number of halogens is 1. The third-order valence-corrected chi connectivity index (χ3v) is 1.89. The molecule has 58 valence electrons. The predicted octanol–water partition coefficient (Wildman–Crippen LogP) is 3.88. The van der Waals surface area contributed by atoms with Gasteiger partial charge in [0.05, 0.1) is 0 Å². The first-order valence-electron chi connectivity index (χ1n) is 3.74. The fourth-order valence-electron chi connectivity index (χ4n) is 0.532. The Morgan fingerprint density at radius 1 is 1.40 bits per heavy atom. The Bertz CT molecular complexity index is 143. The van der Waals surface area contributed by atoms with E-state index in [-0.39, 0.29) is 0 Å². The molecule has 0 nitrogen and oxygen atoms in total. The van der Waals surface area contributed by atoms with Gasteiger partial charge in [-0.15, -0.1) is 0 Å². The summed E-state index contributed by atoms with van der Waals surface area (Å²) < 4.78 is 0. The standard InChI is InChI=1S/C9H15Cl/c1-4-6-7-9(10)8(3)5-2/h6-7H,4-5H2,1-3H3/b7-6-,9-8+. The van der Waals surface area contributed by atoms with Gasteiger partial charge in [-0.05, 0) is 25.8 Å². The Balaban J connectivity index is 4.04. The summed E-state index contributed by atoms with van der Waals surface area (Å²) >= 11 is 5.90. The molecule has 0 unspecified atom stereocenters. The number of hydrogen-bond donors (Lipinski definition) is 0. The van der Waals surface area contributed by atoms with Gasteiger partial charge in [-0.1, -0.05) is 37.1 Å². The second-order valence-electron chi connectivity index (χ2n) is 2.29. The molecule has 0 fully saturated rings. The Labute approximate surface area is 68.6 Å². The molecule has 0 radical (unpaired) electrons. The van der Waals surface area contributed by atoms with Crippen LogP contribution in [-0.4, -0.2) is 0 Å². The van der Waals surface area contributed by atoms with Crippen LogP contribution in [0.1, 0.15) is 33.6 Å². The molecule has 0 aromatic carbocycles. The molecule has 0 amide bonds. The molecule has 0 atom stereocenters. The minimum absolute atomic E-state index is 0.893. The van der Waals surface area contributed by atoms with Crippen LogP contribution in [-0.2, 0) is 0 Å². The van der Waals surface area contributed by atoms with Crippen LogP contribution in [0.5, 0.6) is 0 Å². The molecule has 0 bridgehead atoms. The Kier molecular flexibility index (Phi) is 5.42. The fourth-order valence-corrected chi connectivity index (χ4v) is 0.755. The van der Waals surface area contributed by atoms with Crippen molar-refractivity contribution >= 4 is 11.6 Å². The van der Waals surface area contributed by atoms with Gasteiger partial charge in [0.25, 0.3) is 0 Å². The van der Waals surface area contributed by atoms with E-state index in [0.717, 1.165) is 17.9 Å². The first kappa shape index (κ1) is 9.77. The summed E-state index contributed by atoms with van der Waals surface area (Å²) in [7, 11) is 0. The molecule has 0 aliphatic carbocycles. The van der Waals surface area contributed by atoms with Crippen LogP contribution in [0.3, 0.4) is 0 Å². The molecule has 0 aliphatic heterocycles. The zero-order valence-corrected chi connectivity index (χ0v) is 7.70. The van der Waals surface area contributed by atoms with Crippen LogP contribution >= 0.6 is 11.6 Å². The van der Waals surface area contributed by atoms with E-state index in [4.69, 9.17) is 11.6 Å². The van der Waals surface area contributed by atoms with Crippen LogP contribution in [0.2, 0.25) is 0 Å². The Morgan fingerprint density at radius 2 is 2.00 bits per heavy atom. The molecule has 0 spiro atoms. The summed E-state index contributed by atoms with van der Waals surface area (Å²) in [5.74, 6) is 0. The maximum atomic E-state index is 5.90. The summed E-state index contributed by atoms with van der Waals surface area (Å²) in [5, 5.41) is 0.893. The van der Waals surface area contributed by atoms with Crippen LogP contribution in [0, 0.1) is 0 Å². The fraction of sp³-hybridized carbons (Fsp3) is 0.556. The molecular weight excluding hydrogens is 144 g/mol.